The van der Waals surface area contributed by atoms with Crippen LogP contribution in [-0.4, -0.2) is 28.5 Å². The molecule has 1 rings (SSSR count). The number of hydrogen-bond acceptors (Lipinski definition) is 4. The van der Waals surface area contributed by atoms with Crippen molar-refractivity contribution >= 4 is 17.7 Å². The van der Waals surface area contributed by atoms with Gasteiger partial charge in [0.1, 0.15) is 5.82 Å². The highest BCUT2D eigenvalue weighted by Crippen LogP contribution is 2.12. The van der Waals surface area contributed by atoms with Gasteiger partial charge in [-0.2, -0.15) is 0 Å². The summed E-state index contributed by atoms with van der Waals surface area (Å²) in [5.74, 6) is -1.000. The number of aromatic nitrogens is 1. The first kappa shape index (κ1) is 13.0. The number of nitrogens with two attached hydrogens (primary N) is 1. The van der Waals surface area contributed by atoms with Crippen LogP contribution >= 0.6 is 0 Å². The molecule has 0 aliphatic rings. The summed E-state index contributed by atoms with van der Waals surface area (Å²) >= 11 is 0. The lowest BCUT2D eigenvalue weighted by Gasteiger charge is -2.09. The summed E-state index contributed by atoms with van der Waals surface area (Å²) in [5.41, 5.74) is 6.28. The number of amides is 1. The van der Waals surface area contributed by atoms with Crippen molar-refractivity contribution in [2.24, 2.45) is 5.73 Å². The Morgan fingerprint density at radius 2 is 2.18 bits per heavy atom. The summed E-state index contributed by atoms with van der Waals surface area (Å²) in [6, 6.07) is 3.30. The molecule has 0 fully saturated rings. The van der Waals surface area contributed by atoms with Crippen LogP contribution in [0, 0.1) is 6.92 Å². The Balaban J connectivity index is 2.65. The molecule has 6 heteroatoms. The lowest BCUT2D eigenvalue weighted by molar-refractivity contribution is -0.137. The Bertz CT molecular complexity index is 432. The molecule has 1 aromatic heterocycles. The lowest BCUT2D eigenvalue weighted by Crippen LogP contribution is -2.16. The molecule has 92 valence electrons. The molecule has 0 aromatic carbocycles. The lowest BCUT2D eigenvalue weighted by atomic mass is 10.2. The molecule has 0 saturated carbocycles. The van der Waals surface area contributed by atoms with E-state index in [1.54, 1.807) is 19.1 Å². The third kappa shape index (κ3) is 4.10. The van der Waals surface area contributed by atoms with Crippen LogP contribution in [-0.2, 0) is 4.79 Å². The Morgan fingerprint density at radius 1 is 1.47 bits per heavy atom. The van der Waals surface area contributed by atoms with Crippen LogP contribution in [0.1, 0.15) is 28.9 Å². The molecule has 0 spiro atoms. The van der Waals surface area contributed by atoms with Gasteiger partial charge in [0.15, 0.2) is 0 Å². The normalized spacial score (nSPS) is 9.94. The van der Waals surface area contributed by atoms with E-state index < -0.39 is 11.9 Å². The fourth-order valence-electron chi connectivity index (χ4n) is 1.34. The molecule has 4 N–H and O–H groups in total. The van der Waals surface area contributed by atoms with Crippen molar-refractivity contribution < 1.29 is 14.7 Å². The largest absolute Gasteiger partial charge is 0.481 e. The maximum absolute atomic E-state index is 11.1. The van der Waals surface area contributed by atoms with E-state index in [-0.39, 0.29) is 6.42 Å². The molecule has 17 heavy (non-hydrogen) atoms. The molecular weight excluding hydrogens is 222 g/mol. The van der Waals surface area contributed by atoms with Crippen LogP contribution in [0.2, 0.25) is 0 Å². The molecular formula is C11H15N3O3. The standard InChI is InChI=1S/C11H15N3O3/c1-7-4-5-8(10(12)17)11(14-7)13-6-2-3-9(15)16/h4-5H,2-3,6H2,1H3,(H2,12,17)(H,13,14)(H,15,16). The predicted molar refractivity (Wildman–Crippen MR) is 62.9 cm³/mol. The minimum absolute atomic E-state index is 0.0741. The molecule has 1 amide bonds. The summed E-state index contributed by atoms with van der Waals surface area (Å²) in [5, 5.41) is 11.4. The van der Waals surface area contributed by atoms with Gasteiger partial charge >= 0.3 is 5.97 Å². The zero-order valence-electron chi connectivity index (χ0n) is 9.56. The number of anilines is 1. The number of pyridine rings is 1. The van der Waals surface area contributed by atoms with Crippen molar-refractivity contribution in [1.82, 2.24) is 4.98 Å². The van der Waals surface area contributed by atoms with Gasteiger partial charge in [0.05, 0.1) is 5.56 Å². The molecule has 0 aliphatic heterocycles. The van der Waals surface area contributed by atoms with Crippen molar-refractivity contribution in [3.8, 4) is 0 Å². The van der Waals surface area contributed by atoms with Gasteiger partial charge in [0, 0.05) is 18.7 Å². The van der Waals surface area contributed by atoms with Gasteiger partial charge in [-0.1, -0.05) is 0 Å². The second-order valence-corrected chi connectivity index (χ2v) is 3.64. The average Bonchev–Trinajstić information content (AvgIpc) is 2.23. The Labute approximate surface area is 98.8 Å². The molecule has 0 aliphatic carbocycles. The second-order valence-electron chi connectivity index (χ2n) is 3.64. The molecule has 1 aromatic rings. The van der Waals surface area contributed by atoms with E-state index in [0.29, 0.717) is 24.3 Å². The highest BCUT2D eigenvalue weighted by Gasteiger charge is 2.09. The molecule has 1 heterocycles. The molecule has 6 nitrogen and oxygen atoms in total. The summed E-state index contributed by atoms with van der Waals surface area (Å²) in [4.78, 5) is 25.6. The summed E-state index contributed by atoms with van der Waals surface area (Å²) in [7, 11) is 0. The van der Waals surface area contributed by atoms with Gasteiger partial charge in [0.2, 0.25) is 0 Å². The fraction of sp³-hybridized carbons (Fsp3) is 0.364. The third-order valence-corrected chi connectivity index (χ3v) is 2.16. The van der Waals surface area contributed by atoms with E-state index in [2.05, 4.69) is 10.3 Å². The van der Waals surface area contributed by atoms with Gasteiger partial charge in [0.25, 0.3) is 5.91 Å². The van der Waals surface area contributed by atoms with Gasteiger partial charge in [-0.15, -0.1) is 0 Å². The number of primary amides is 1. The van der Waals surface area contributed by atoms with E-state index in [1.807, 2.05) is 0 Å². The van der Waals surface area contributed by atoms with Crippen LogP contribution in [0.5, 0.6) is 0 Å². The van der Waals surface area contributed by atoms with Crippen LogP contribution in [0.3, 0.4) is 0 Å². The first-order valence-electron chi connectivity index (χ1n) is 5.24. The van der Waals surface area contributed by atoms with Gasteiger partial charge in [-0.3, -0.25) is 9.59 Å². The predicted octanol–water partition coefficient (Wildman–Crippen LogP) is 0.766. The van der Waals surface area contributed by atoms with E-state index in [0.717, 1.165) is 5.69 Å². The maximum Gasteiger partial charge on any atom is 0.303 e. The van der Waals surface area contributed by atoms with Crippen LogP contribution < -0.4 is 11.1 Å². The topological polar surface area (TPSA) is 105 Å². The number of rotatable bonds is 6. The smallest absolute Gasteiger partial charge is 0.303 e. The van der Waals surface area contributed by atoms with Crippen molar-refractivity contribution in [3.63, 3.8) is 0 Å². The van der Waals surface area contributed by atoms with Gasteiger partial charge in [-0.05, 0) is 25.5 Å². The minimum Gasteiger partial charge on any atom is -0.481 e. The number of carboxylic acid groups (broad SMARTS) is 1. The molecule has 0 saturated heterocycles. The van der Waals surface area contributed by atoms with Gasteiger partial charge < -0.3 is 16.2 Å². The van der Waals surface area contributed by atoms with Crippen LogP contribution in [0.15, 0.2) is 12.1 Å². The van der Waals surface area contributed by atoms with Crippen molar-refractivity contribution in [2.75, 3.05) is 11.9 Å². The van der Waals surface area contributed by atoms with Gasteiger partial charge in [-0.25, -0.2) is 4.98 Å². The maximum atomic E-state index is 11.1. The number of aryl methyl sites for hydroxylation is 1. The van der Waals surface area contributed by atoms with Crippen molar-refractivity contribution in [2.45, 2.75) is 19.8 Å². The number of carboxylic acids is 1. The summed E-state index contributed by atoms with van der Waals surface area (Å²) < 4.78 is 0. The highest BCUT2D eigenvalue weighted by molar-refractivity contribution is 5.97. The Hall–Kier alpha value is -2.11. The number of hydrogen-bond donors (Lipinski definition) is 3. The SMILES string of the molecule is Cc1ccc(C(N)=O)c(NCCCC(=O)O)n1. The van der Waals surface area contributed by atoms with E-state index in [1.165, 1.54) is 0 Å². The van der Waals surface area contributed by atoms with Crippen LogP contribution in [0.4, 0.5) is 5.82 Å². The number of nitrogens with one attached hydrogen (secondary N) is 1. The second kappa shape index (κ2) is 5.83. The van der Waals surface area contributed by atoms with Crippen molar-refractivity contribution in [3.05, 3.63) is 23.4 Å². The third-order valence-electron chi connectivity index (χ3n) is 2.16. The van der Waals surface area contributed by atoms with Crippen molar-refractivity contribution in [1.29, 1.82) is 0 Å². The Morgan fingerprint density at radius 3 is 2.76 bits per heavy atom. The number of aliphatic carboxylic acids is 1. The number of nitrogens with zero attached hydrogens (tertiary/aromatic N) is 1. The first-order chi connectivity index (χ1) is 8.00. The average molecular weight is 237 g/mol. The fourth-order valence-corrected chi connectivity index (χ4v) is 1.34. The molecule has 0 bridgehead atoms. The zero-order chi connectivity index (χ0) is 12.8. The molecule has 0 unspecified atom stereocenters. The minimum atomic E-state index is -0.848. The van der Waals surface area contributed by atoms with E-state index in [9.17, 15) is 9.59 Å². The monoisotopic (exact) mass is 237 g/mol. The number of carbonyl (C=O) groups is 2. The van der Waals surface area contributed by atoms with E-state index in [4.69, 9.17) is 10.8 Å². The first-order valence-corrected chi connectivity index (χ1v) is 5.24. The number of carbonyl (C=O) groups excluding carboxylic acids is 1. The zero-order valence-corrected chi connectivity index (χ0v) is 9.56. The summed E-state index contributed by atoms with van der Waals surface area (Å²) in [6.07, 6.45) is 0.536. The highest BCUT2D eigenvalue weighted by atomic mass is 16.4. The summed E-state index contributed by atoms with van der Waals surface area (Å²) in [6.45, 7) is 2.23. The molecule has 0 radical (unpaired) electrons. The van der Waals surface area contributed by atoms with E-state index >= 15 is 0 Å². The quantitative estimate of drug-likeness (QED) is 0.633. The molecule has 0 atom stereocenters. The van der Waals surface area contributed by atoms with Crippen LogP contribution in [0.25, 0.3) is 0 Å². The Kier molecular flexibility index (Phi) is 4.45.